The van der Waals surface area contributed by atoms with Crippen molar-refractivity contribution in [3.05, 3.63) is 11.6 Å². The lowest BCUT2D eigenvalue weighted by molar-refractivity contribution is 0.128. The van der Waals surface area contributed by atoms with Crippen molar-refractivity contribution < 1.29 is 5.11 Å². The van der Waals surface area contributed by atoms with Crippen LogP contribution >= 0.6 is 0 Å². The molecule has 1 N–H and O–H groups in total. The van der Waals surface area contributed by atoms with E-state index in [9.17, 15) is 0 Å². The summed E-state index contributed by atoms with van der Waals surface area (Å²) in [5.74, 6) is 0.385. The van der Waals surface area contributed by atoms with Crippen LogP contribution in [0.25, 0.3) is 0 Å². The van der Waals surface area contributed by atoms with Crippen LogP contribution in [0.1, 0.15) is 33.6 Å². The quantitative estimate of drug-likeness (QED) is 0.575. The number of aliphatic hydroxyl groups is 1. The first kappa shape index (κ1) is 8.79. The number of allylic oxidation sites excluding steroid dienone is 1. The average molecular weight is 154 g/mol. The van der Waals surface area contributed by atoms with Crippen LogP contribution in [0.2, 0.25) is 0 Å². The summed E-state index contributed by atoms with van der Waals surface area (Å²) in [7, 11) is 0. The molecule has 0 heterocycles. The maximum absolute atomic E-state index is 9.16. The lowest BCUT2D eigenvalue weighted by Gasteiger charge is -2.37. The first-order valence-corrected chi connectivity index (χ1v) is 4.35. The number of aliphatic hydroxyl groups excluding tert-OH is 1. The molecule has 1 aliphatic carbocycles. The second kappa shape index (κ2) is 2.98. The molecule has 0 amide bonds. The minimum atomic E-state index is 0.299. The zero-order valence-electron chi connectivity index (χ0n) is 7.72. The summed E-state index contributed by atoms with van der Waals surface area (Å²) in [5, 5.41) is 9.16. The lowest BCUT2D eigenvalue weighted by atomic mass is 9.69. The van der Waals surface area contributed by atoms with Crippen LogP contribution in [-0.2, 0) is 0 Å². The average Bonchev–Trinajstić information content (AvgIpc) is 1.86. The molecule has 0 aromatic rings. The molecule has 1 nitrogen and oxygen atoms in total. The SMILES string of the molecule is CC1=CCCC(C)(C)[C@@H]1CO. The van der Waals surface area contributed by atoms with Crippen molar-refractivity contribution >= 4 is 0 Å². The van der Waals surface area contributed by atoms with Gasteiger partial charge in [0.15, 0.2) is 0 Å². The highest BCUT2D eigenvalue weighted by Gasteiger charge is 2.31. The van der Waals surface area contributed by atoms with Crippen LogP contribution in [0.15, 0.2) is 11.6 Å². The summed E-state index contributed by atoms with van der Waals surface area (Å²) in [5.41, 5.74) is 1.66. The van der Waals surface area contributed by atoms with Gasteiger partial charge in [0.05, 0.1) is 6.61 Å². The van der Waals surface area contributed by atoms with Crippen LogP contribution in [0.5, 0.6) is 0 Å². The molecule has 0 unspecified atom stereocenters. The predicted octanol–water partition coefficient (Wildman–Crippen LogP) is 2.36. The molecule has 0 aromatic heterocycles. The summed E-state index contributed by atoms with van der Waals surface area (Å²) in [6.07, 6.45) is 4.64. The monoisotopic (exact) mass is 154 g/mol. The van der Waals surface area contributed by atoms with Gasteiger partial charge in [-0.25, -0.2) is 0 Å². The van der Waals surface area contributed by atoms with E-state index in [1.807, 2.05) is 0 Å². The zero-order chi connectivity index (χ0) is 8.48. The molecule has 0 saturated heterocycles. The van der Waals surface area contributed by atoms with Gasteiger partial charge in [0.2, 0.25) is 0 Å². The lowest BCUT2D eigenvalue weighted by Crippen LogP contribution is -2.30. The van der Waals surface area contributed by atoms with E-state index >= 15 is 0 Å². The van der Waals surface area contributed by atoms with Crippen molar-refractivity contribution in [1.29, 1.82) is 0 Å². The number of rotatable bonds is 1. The first-order chi connectivity index (χ1) is 5.08. The highest BCUT2D eigenvalue weighted by molar-refractivity contribution is 5.11. The van der Waals surface area contributed by atoms with Gasteiger partial charge in [-0.15, -0.1) is 0 Å². The minimum Gasteiger partial charge on any atom is -0.396 e. The molecular formula is C10H18O. The van der Waals surface area contributed by atoms with E-state index in [-0.39, 0.29) is 0 Å². The fraction of sp³-hybridized carbons (Fsp3) is 0.800. The third kappa shape index (κ3) is 1.64. The van der Waals surface area contributed by atoms with Crippen molar-refractivity contribution in [2.24, 2.45) is 11.3 Å². The molecule has 0 radical (unpaired) electrons. The third-order valence-electron chi connectivity index (χ3n) is 2.93. The van der Waals surface area contributed by atoms with E-state index in [0.717, 1.165) is 0 Å². The normalized spacial score (nSPS) is 29.8. The Bertz CT molecular complexity index is 168. The van der Waals surface area contributed by atoms with Crippen LogP contribution in [0.4, 0.5) is 0 Å². The largest absolute Gasteiger partial charge is 0.396 e. The van der Waals surface area contributed by atoms with Crippen LogP contribution in [0.3, 0.4) is 0 Å². The van der Waals surface area contributed by atoms with E-state index in [1.54, 1.807) is 0 Å². The van der Waals surface area contributed by atoms with Crippen LogP contribution in [0, 0.1) is 11.3 Å². The molecule has 1 aliphatic rings. The molecule has 64 valence electrons. The fourth-order valence-electron chi connectivity index (χ4n) is 2.00. The van der Waals surface area contributed by atoms with Gasteiger partial charge in [0.1, 0.15) is 0 Å². The van der Waals surface area contributed by atoms with Gasteiger partial charge in [-0.3, -0.25) is 0 Å². The van der Waals surface area contributed by atoms with Crippen molar-refractivity contribution in [1.82, 2.24) is 0 Å². The topological polar surface area (TPSA) is 20.2 Å². The van der Waals surface area contributed by atoms with Gasteiger partial charge in [0, 0.05) is 5.92 Å². The van der Waals surface area contributed by atoms with Crippen LogP contribution in [-0.4, -0.2) is 11.7 Å². The third-order valence-corrected chi connectivity index (χ3v) is 2.93. The van der Waals surface area contributed by atoms with E-state index in [1.165, 1.54) is 18.4 Å². The van der Waals surface area contributed by atoms with Gasteiger partial charge in [0.25, 0.3) is 0 Å². The molecule has 1 atom stereocenters. The Labute approximate surface area is 69.1 Å². The Hall–Kier alpha value is -0.300. The van der Waals surface area contributed by atoms with Gasteiger partial charge in [-0.05, 0) is 25.2 Å². The van der Waals surface area contributed by atoms with Gasteiger partial charge < -0.3 is 5.11 Å². The van der Waals surface area contributed by atoms with Crippen molar-refractivity contribution in [2.75, 3.05) is 6.61 Å². The second-order valence-corrected chi connectivity index (χ2v) is 4.21. The predicted molar refractivity (Wildman–Crippen MR) is 47.3 cm³/mol. The van der Waals surface area contributed by atoms with E-state index in [0.29, 0.717) is 17.9 Å². The van der Waals surface area contributed by atoms with E-state index in [2.05, 4.69) is 26.8 Å². The summed E-state index contributed by atoms with van der Waals surface area (Å²) in [4.78, 5) is 0. The van der Waals surface area contributed by atoms with Gasteiger partial charge in [-0.2, -0.15) is 0 Å². The Morgan fingerprint density at radius 1 is 1.64 bits per heavy atom. The fourth-order valence-corrected chi connectivity index (χ4v) is 2.00. The molecular weight excluding hydrogens is 136 g/mol. The smallest absolute Gasteiger partial charge is 0.0501 e. The summed E-state index contributed by atoms with van der Waals surface area (Å²) in [6, 6.07) is 0. The molecule has 0 saturated carbocycles. The van der Waals surface area contributed by atoms with Crippen molar-refractivity contribution in [3.8, 4) is 0 Å². The minimum absolute atomic E-state index is 0.299. The standard InChI is InChI=1S/C10H18O/c1-8-5-4-6-10(2,3)9(8)7-11/h5,9,11H,4,6-7H2,1-3H3/t9-/m1/s1. The Morgan fingerprint density at radius 2 is 2.27 bits per heavy atom. The molecule has 0 bridgehead atoms. The summed E-state index contributed by atoms with van der Waals surface area (Å²) >= 11 is 0. The second-order valence-electron chi connectivity index (χ2n) is 4.21. The van der Waals surface area contributed by atoms with Gasteiger partial charge >= 0.3 is 0 Å². The Balaban J connectivity index is 2.80. The van der Waals surface area contributed by atoms with Gasteiger partial charge in [-0.1, -0.05) is 25.5 Å². The molecule has 1 rings (SSSR count). The molecule has 0 aliphatic heterocycles. The Kier molecular flexibility index (Phi) is 2.38. The maximum Gasteiger partial charge on any atom is 0.0501 e. The van der Waals surface area contributed by atoms with E-state index < -0.39 is 0 Å². The molecule has 1 heteroatoms. The van der Waals surface area contributed by atoms with Crippen molar-refractivity contribution in [2.45, 2.75) is 33.6 Å². The van der Waals surface area contributed by atoms with E-state index in [4.69, 9.17) is 5.11 Å². The number of hydrogen-bond donors (Lipinski definition) is 1. The molecule has 0 aromatic carbocycles. The molecule has 0 spiro atoms. The Morgan fingerprint density at radius 3 is 2.64 bits per heavy atom. The summed E-state index contributed by atoms with van der Waals surface area (Å²) in [6.45, 7) is 6.91. The molecule has 0 fully saturated rings. The van der Waals surface area contributed by atoms with Crippen LogP contribution < -0.4 is 0 Å². The number of hydrogen-bond acceptors (Lipinski definition) is 1. The molecule has 11 heavy (non-hydrogen) atoms. The highest BCUT2D eigenvalue weighted by atomic mass is 16.3. The summed E-state index contributed by atoms with van der Waals surface area (Å²) < 4.78 is 0. The first-order valence-electron chi connectivity index (χ1n) is 4.35. The zero-order valence-corrected chi connectivity index (χ0v) is 7.72. The van der Waals surface area contributed by atoms with Crippen molar-refractivity contribution in [3.63, 3.8) is 0 Å². The highest BCUT2D eigenvalue weighted by Crippen LogP contribution is 2.40. The maximum atomic E-state index is 9.16.